The zero-order valence-electron chi connectivity index (χ0n) is 14.0. The molecule has 0 bridgehead atoms. The molecule has 3 rings (SSSR count). The Morgan fingerprint density at radius 2 is 2.12 bits per heavy atom. The Morgan fingerprint density at radius 3 is 2.88 bits per heavy atom. The van der Waals surface area contributed by atoms with E-state index in [0.29, 0.717) is 17.3 Å². The van der Waals surface area contributed by atoms with Crippen molar-refractivity contribution in [3.8, 4) is 5.75 Å². The normalized spacial score (nSPS) is 17.6. The second-order valence-corrected chi connectivity index (χ2v) is 6.65. The predicted molar refractivity (Wildman–Crippen MR) is 94.7 cm³/mol. The van der Waals surface area contributed by atoms with E-state index in [9.17, 15) is 4.79 Å². The molecule has 0 aliphatic carbocycles. The average molecular weight is 345 g/mol. The second-order valence-electron chi connectivity index (χ2n) is 6.24. The van der Waals surface area contributed by atoms with Crippen LogP contribution in [0.15, 0.2) is 36.7 Å². The lowest BCUT2D eigenvalue weighted by Gasteiger charge is -2.33. The maximum Gasteiger partial charge on any atom is 0.253 e. The van der Waals surface area contributed by atoms with Crippen LogP contribution in [0.3, 0.4) is 0 Å². The van der Waals surface area contributed by atoms with Crippen LogP contribution in [0, 0.1) is 13.8 Å². The van der Waals surface area contributed by atoms with E-state index in [1.54, 1.807) is 18.5 Å². The van der Waals surface area contributed by atoms with Crippen LogP contribution in [0.4, 0.5) is 0 Å². The molecule has 2 aromatic rings. The predicted octanol–water partition coefficient (Wildman–Crippen LogP) is 4.04. The monoisotopic (exact) mass is 344 g/mol. The standard InChI is InChI=1S/C19H21ClN2O2/c1-13-5-6-15(10-14(13)2)19(23)22-9-3-4-16(12-22)24-18-7-8-21-11-17(18)20/h5-8,10-11,16H,3-4,9,12H2,1-2H3. The summed E-state index contributed by atoms with van der Waals surface area (Å²) >= 11 is 6.10. The van der Waals surface area contributed by atoms with Crippen molar-refractivity contribution in [2.24, 2.45) is 0 Å². The summed E-state index contributed by atoms with van der Waals surface area (Å²) in [6.07, 6.45) is 5.01. The summed E-state index contributed by atoms with van der Waals surface area (Å²) in [5, 5.41) is 0.495. The number of nitrogens with zero attached hydrogens (tertiary/aromatic N) is 2. The van der Waals surface area contributed by atoms with Crippen molar-refractivity contribution in [2.45, 2.75) is 32.8 Å². The second kappa shape index (κ2) is 7.22. The van der Waals surface area contributed by atoms with Gasteiger partial charge in [0.2, 0.25) is 0 Å². The Kier molecular flexibility index (Phi) is 5.05. The van der Waals surface area contributed by atoms with Crippen molar-refractivity contribution >= 4 is 17.5 Å². The lowest BCUT2D eigenvalue weighted by molar-refractivity contribution is 0.0538. The fourth-order valence-corrected chi connectivity index (χ4v) is 3.08. The highest BCUT2D eigenvalue weighted by Gasteiger charge is 2.26. The summed E-state index contributed by atoms with van der Waals surface area (Å²) < 4.78 is 5.98. The van der Waals surface area contributed by atoms with Gasteiger partial charge in [0.25, 0.3) is 5.91 Å². The van der Waals surface area contributed by atoms with Gasteiger partial charge in [-0.05, 0) is 49.9 Å². The number of hydrogen-bond acceptors (Lipinski definition) is 3. The molecule has 0 N–H and O–H groups in total. The molecule has 126 valence electrons. The molecule has 1 aromatic carbocycles. The molecule has 1 aliphatic heterocycles. The Balaban J connectivity index is 1.69. The van der Waals surface area contributed by atoms with Crippen LogP contribution in [0.5, 0.6) is 5.75 Å². The third-order valence-corrected chi connectivity index (χ3v) is 4.73. The molecule has 24 heavy (non-hydrogen) atoms. The molecule has 1 aliphatic rings. The summed E-state index contributed by atoms with van der Waals surface area (Å²) in [6, 6.07) is 7.61. The molecule has 1 unspecified atom stereocenters. The van der Waals surface area contributed by atoms with Crippen LogP contribution in [0.2, 0.25) is 5.02 Å². The molecule has 0 saturated carbocycles. The molecular formula is C19H21ClN2O2. The van der Waals surface area contributed by atoms with Crippen LogP contribution in [-0.2, 0) is 0 Å². The van der Waals surface area contributed by atoms with E-state index in [4.69, 9.17) is 16.3 Å². The van der Waals surface area contributed by atoms with Crippen molar-refractivity contribution < 1.29 is 9.53 Å². The smallest absolute Gasteiger partial charge is 0.253 e. The number of aryl methyl sites for hydroxylation is 2. The number of carbonyl (C=O) groups excluding carboxylic acids is 1. The van der Waals surface area contributed by atoms with Crippen molar-refractivity contribution in [3.63, 3.8) is 0 Å². The summed E-state index contributed by atoms with van der Waals surface area (Å²) in [5.41, 5.74) is 3.06. The number of pyridine rings is 1. The van der Waals surface area contributed by atoms with Crippen molar-refractivity contribution in [1.82, 2.24) is 9.88 Å². The van der Waals surface area contributed by atoms with Gasteiger partial charge in [0.15, 0.2) is 0 Å². The topological polar surface area (TPSA) is 42.4 Å². The van der Waals surface area contributed by atoms with E-state index in [-0.39, 0.29) is 12.0 Å². The zero-order chi connectivity index (χ0) is 17.1. The Labute approximate surface area is 147 Å². The van der Waals surface area contributed by atoms with Gasteiger partial charge in [-0.25, -0.2) is 0 Å². The van der Waals surface area contributed by atoms with Crippen LogP contribution >= 0.6 is 11.6 Å². The largest absolute Gasteiger partial charge is 0.487 e. The summed E-state index contributed by atoms with van der Waals surface area (Å²) in [7, 11) is 0. The summed E-state index contributed by atoms with van der Waals surface area (Å²) in [4.78, 5) is 18.6. The first-order valence-corrected chi connectivity index (χ1v) is 8.55. The van der Waals surface area contributed by atoms with E-state index in [0.717, 1.165) is 30.5 Å². The molecule has 5 heteroatoms. The minimum absolute atomic E-state index is 0.0471. The number of ether oxygens (including phenoxy) is 1. The highest BCUT2D eigenvalue weighted by Crippen LogP contribution is 2.26. The number of benzene rings is 1. The lowest BCUT2D eigenvalue weighted by atomic mass is 10.0. The van der Waals surface area contributed by atoms with Crippen molar-refractivity contribution in [1.29, 1.82) is 0 Å². The minimum atomic E-state index is -0.0471. The van der Waals surface area contributed by atoms with Crippen LogP contribution < -0.4 is 4.74 Å². The Hall–Kier alpha value is -2.07. The summed E-state index contributed by atoms with van der Waals surface area (Å²) in [6.45, 7) is 5.41. The number of carbonyl (C=O) groups is 1. The number of likely N-dealkylation sites (tertiary alicyclic amines) is 1. The third kappa shape index (κ3) is 3.70. The molecule has 0 spiro atoms. The molecule has 0 radical (unpaired) electrons. The molecule has 4 nitrogen and oxygen atoms in total. The molecule has 2 heterocycles. The number of aromatic nitrogens is 1. The highest BCUT2D eigenvalue weighted by molar-refractivity contribution is 6.31. The number of piperidine rings is 1. The molecule has 1 atom stereocenters. The van der Waals surface area contributed by atoms with Gasteiger partial charge in [-0.3, -0.25) is 9.78 Å². The van der Waals surface area contributed by atoms with Gasteiger partial charge in [-0.1, -0.05) is 17.7 Å². The van der Waals surface area contributed by atoms with Crippen molar-refractivity contribution in [2.75, 3.05) is 13.1 Å². The van der Waals surface area contributed by atoms with E-state index in [1.165, 1.54) is 5.56 Å². The fraction of sp³-hybridized carbons (Fsp3) is 0.368. The van der Waals surface area contributed by atoms with E-state index >= 15 is 0 Å². The maximum absolute atomic E-state index is 12.8. The van der Waals surface area contributed by atoms with Gasteiger partial charge in [0.05, 0.1) is 6.54 Å². The Morgan fingerprint density at radius 1 is 1.29 bits per heavy atom. The van der Waals surface area contributed by atoms with Gasteiger partial charge in [-0.15, -0.1) is 0 Å². The van der Waals surface area contributed by atoms with Gasteiger partial charge >= 0.3 is 0 Å². The minimum Gasteiger partial charge on any atom is -0.487 e. The lowest BCUT2D eigenvalue weighted by Crippen LogP contribution is -2.44. The van der Waals surface area contributed by atoms with Crippen LogP contribution in [-0.4, -0.2) is 35.0 Å². The first-order valence-electron chi connectivity index (χ1n) is 8.17. The first-order chi connectivity index (χ1) is 11.5. The van der Waals surface area contributed by atoms with E-state index in [2.05, 4.69) is 4.98 Å². The van der Waals surface area contributed by atoms with Gasteiger partial charge < -0.3 is 9.64 Å². The van der Waals surface area contributed by atoms with Crippen molar-refractivity contribution in [3.05, 3.63) is 58.4 Å². The molecule has 1 saturated heterocycles. The number of halogens is 1. The van der Waals surface area contributed by atoms with Crippen LogP contribution in [0.25, 0.3) is 0 Å². The molecule has 1 fully saturated rings. The zero-order valence-corrected chi connectivity index (χ0v) is 14.7. The van der Waals surface area contributed by atoms with Gasteiger partial charge in [0.1, 0.15) is 16.9 Å². The fourth-order valence-electron chi connectivity index (χ4n) is 2.91. The summed E-state index contributed by atoms with van der Waals surface area (Å²) in [5.74, 6) is 0.685. The van der Waals surface area contributed by atoms with Gasteiger partial charge in [0, 0.05) is 30.6 Å². The molecular weight excluding hydrogens is 324 g/mol. The maximum atomic E-state index is 12.8. The number of hydrogen-bond donors (Lipinski definition) is 0. The average Bonchev–Trinajstić information content (AvgIpc) is 2.59. The third-order valence-electron chi connectivity index (χ3n) is 4.45. The quantitative estimate of drug-likeness (QED) is 0.844. The SMILES string of the molecule is Cc1ccc(C(=O)N2CCCC(Oc3ccncc3Cl)C2)cc1C. The molecule has 1 aromatic heterocycles. The number of rotatable bonds is 3. The Bertz CT molecular complexity index is 748. The van der Waals surface area contributed by atoms with E-state index in [1.807, 2.05) is 36.9 Å². The number of amides is 1. The van der Waals surface area contributed by atoms with Gasteiger partial charge in [-0.2, -0.15) is 0 Å². The van der Waals surface area contributed by atoms with E-state index < -0.39 is 0 Å². The van der Waals surface area contributed by atoms with Crippen LogP contribution in [0.1, 0.15) is 34.3 Å². The highest BCUT2D eigenvalue weighted by atomic mass is 35.5. The molecule has 1 amide bonds. The first kappa shape index (κ1) is 16.8.